The monoisotopic (exact) mass is 664 g/mol. The molecular formula is C37H45ClN2O7. The Hall–Kier alpha value is -3.56. The maximum atomic E-state index is 13.8. The molecular weight excluding hydrogens is 620 g/mol. The number of esters is 1. The molecule has 1 fully saturated rings. The van der Waals surface area contributed by atoms with E-state index < -0.39 is 23.5 Å². The summed E-state index contributed by atoms with van der Waals surface area (Å²) in [6, 6.07) is 11.7. The number of anilines is 1. The number of methoxy groups -OCH3 is 1. The smallest absolute Gasteiger partial charge is 0.316 e. The van der Waals surface area contributed by atoms with Gasteiger partial charge < -0.3 is 29.5 Å². The molecule has 1 spiro atoms. The van der Waals surface area contributed by atoms with Crippen LogP contribution < -0.4 is 9.64 Å². The van der Waals surface area contributed by atoms with Crippen LogP contribution in [0.4, 0.5) is 5.69 Å². The van der Waals surface area contributed by atoms with Gasteiger partial charge in [0.1, 0.15) is 11.2 Å². The molecule has 0 radical (unpaired) electrons. The number of carbonyl (C=O) groups is 3. The fourth-order valence-electron chi connectivity index (χ4n) is 8.27. The molecule has 1 saturated carbocycles. The summed E-state index contributed by atoms with van der Waals surface area (Å²) in [6.45, 7) is 2.21. The highest BCUT2D eigenvalue weighted by atomic mass is 35.5. The van der Waals surface area contributed by atoms with Gasteiger partial charge in [0.25, 0.3) is 0 Å². The van der Waals surface area contributed by atoms with Crippen molar-refractivity contribution in [3.8, 4) is 5.75 Å². The molecule has 47 heavy (non-hydrogen) atoms. The second-order valence-electron chi connectivity index (χ2n) is 14.0. The SMILES string of the molecule is COC(=O)[C@]1(CCC(=O)O)CC(=O)N(C)CC/C=C/C(O)[C@@H]2CC[C@H]2CN2C[C@@]3(CCCc4cc(Cl)ccc43)COc3ccc1cc32. The molecule has 10 heteroatoms. The molecule has 5 atom stereocenters. The zero-order valence-corrected chi connectivity index (χ0v) is 28.0. The third-order valence-electron chi connectivity index (χ3n) is 11.1. The quantitative estimate of drug-likeness (QED) is 0.335. The number of carboxylic acid groups (broad SMARTS) is 1. The third-order valence-corrected chi connectivity index (χ3v) is 11.4. The maximum Gasteiger partial charge on any atom is 0.316 e. The average Bonchev–Trinajstić information content (AvgIpc) is 3.19. The van der Waals surface area contributed by atoms with Crippen molar-refractivity contribution in [3.05, 3.63) is 70.3 Å². The van der Waals surface area contributed by atoms with Gasteiger partial charge in [0.15, 0.2) is 0 Å². The number of ether oxygens (including phenoxy) is 2. The summed E-state index contributed by atoms with van der Waals surface area (Å²) < 4.78 is 12.0. The first-order valence-corrected chi connectivity index (χ1v) is 17.1. The number of aliphatic hydroxyl groups is 1. The lowest BCUT2D eigenvalue weighted by Crippen LogP contribution is -2.49. The van der Waals surface area contributed by atoms with E-state index >= 15 is 0 Å². The lowest BCUT2D eigenvalue weighted by molar-refractivity contribution is -0.152. The summed E-state index contributed by atoms with van der Waals surface area (Å²) >= 11 is 6.43. The first-order valence-electron chi connectivity index (χ1n) is 16.8. The van der Waals surface area contributed by atoms with E-state index in [4.69, 9.17) is 21.1 Å². The van der Waals surface area contributed by atoms with Gasteiger partial charge in [-0.3, -0.25) is 14.4 Å². The van der Waals surface area contributed by atoms with Crippen LogP contribution in [0.5, 0.6) is 5.75 Å². The normalized spacial score (nSPS) is 29.9. The lowest BCUT2D eigenvalue weighted by atomic mass is 9.68. The maximum absolute atomic E-state index is 13.8. The van der Waals surface area contributed by atoms with E-state index in [9.17, 15) is 24.6 Å². The number of halogens is 1. The molecule has 2 aromatic rings. The topological polar surface area (TPSA) is 117 Å². The molecule has 252 valence electrons. The lowest BCUT2D eigenvalue weighted by Gasteiger charge is -2.45. The van der Waals surface area contributed by atoms with Crippen LogP contribution in [0.1, 0.15) is 68.1 Å². The second kappa shape index (κ2) is 13.5. The molecule has 1 amide bonds. The van der Waals surface area contributed by atoms with Crippen LogP contribution in [0.25, 0.3) is 0 Å². The molecule has 4 aliphatic rings. The Morgan fingerprint density at radius 2 is 2.00 bits per heavy atom. The van der Waals surface area contributed by atoms with Gasteiger partial charge in [0.2, 0.25) is 5.91 Å². The van der Waals surface area contributed by atoms with Crippen LogP contribution in [-0.4, -0.2) is 79.5 Å². The molecule has 0 aromatic heterocycles. The van der Waals surface area contributed by atoms with Crippen LogP contribution in [0.3, 0.4) is 0 Å². The highest BCUT2D eigenvalue weighted by molar-refractivity contribution is 6.30. The number of benzene rings is 2. The van der Waals surface area contributed by atoms with Crippen molar-refractivity contribution in [3.63, 3.8) is 0 Å². The van der Waals surface area contributed by atoms with Gasteiger partial charge in [-0.15, -0.1) is 0 Å². The first-order chi connectivity index (χ1) is 22.5. The number of aliphatic hydroxyl groups excluding tert-OH is 1. The standard InChI is InChI=1S/C37H45ClN2O7/c1-39-17-4-3-7-31(41)28-11-8-25(28)21-40-22-36(15-5-6-24-18-27(38)10-12-29(24)36)23-47-32-13-9-26(19-30(32)40)37(20-33(39)42,35(45)46-2)16-14-34(43)44/h3,7,9-10,12-13,18-19,25,28,31,41H,4-6,8,11,14-17,20-23H2,1-2H3,(H,43,44)/b7-3+/t25-,28+,31?,36-,37+/m0/s1. The number of hydrogen-bond acceptors (Lipinski definition) is 7. The molecule has 6 rings (SSSR count). The molecule has 1 unspecified atom stereocenters. The number of amides is 1. The highest BCUT2D eigenvalue weighted by Crippen LogP contribution is 2.48. The van der Waals surface area contributed by atoms with Crippen LogP contribution in [0.15, 0.2) is 48.6 Å². The van der Waals surface area contributed by atoms with Crippen LogP contribution in [0.2, 0.25) is 5.02 Å². The molecule has 2 aliphatic carbocycles. The van der Waals surface area contributed by atoms with Crippen LogP contribution in [-0.2, 0) is 36.4 Å². The van der Waals surface area contributed by atoms with Gasteiger partial charge in [-0.1, -0.05) is 35.9 Å². The van der Waals surface area contributed by atoms with Gasteiger partial charge >= 0.3 is 11.9 Å². The van der Waals surface area contributed by atoms with Gasteiger partial charge in [0, 0.05) is 50.0 Å². The number of nitrogens with zero attached hydrogens (tertiary/aromatic N) is 2. The van der Waals surface area contributed by atoms with E-state index in [-0.39, 0.29) is 42.4 Å². The predicted molar refractivity (Wildman–Crippen MR) is 179 cm³/mol. The number of fused-ring (bicyclic) bond motifs is 4. The van der Waals surface area contributed by atoms with E-state index in [1.165, 1.54) is 18.2 Å². The zero-order chi connectivity index (χ0) is 33.3. The minimum atomic E-state index is -1.51. The molecule has 2 aliphatic heterocycles. The Morgan fingerprint density at radius 3 is 2.74 bits per heavy atom. The van der Waals surface area contributed by atoms with Crippen molar-refractivity contribution in [1.29, 1.82) is 0 Å². The highest BCUT2D eigenvalue weighted by Gasteiger charge is 2.47. The Kier molecular flexibility index (Phi) is 9.59. The average molecular weight is 665 g/mol. The Bertz CT molecular complexity index is 1560. The molecule has 2 heterocycles. The largest absolute Gasteiger partial charge is 0.490 e. The zero-order valence-electron chi connectivity index (χ0n) is 27.3. The molecule has 2 aromatic carbocycles. The van der Waals surface area contributed by atoms with E-state index in [2.05, 4.69) is 17.0 Å². The van der Waals surface area contributed by atoms with Crippen molar-refractivity contribution in [1.82, 2.24) is 4.90 Å². The molecule has 2 bridgehead atoms. The fraction of sp³-hybridized carbons (Fsp3) is 0.541. The summed E-state index contributed by atoms with van der Waals surface area (Å²) in [7, 11) is 2.96. The van der Waals surface area contributed by atoms with E-state index in [0.717, 1.165) is 37.8 Å². The van der Waals surface area contributed by atoms with Crippen LogP contribution >= 0.6 is 11.6 Å². The summed E-state index contributed by atoms with van der Waals surface area (Å²) in [5, 5.41) is 21.6. The van der Waals surface area contributed by atoms with Gasteiger partial charge in [-0.25, -0.2) is 0 Å². The van der Waals surface area contributed by atoms with Gasteiger partial charge in [0.05, 0.1) is 25.5 Å². The molecule has 2 N–H and O–H groups in total. The number of carboxylic acids is 1. The number of aryl methyl sites for hydroxylation is 1. The summed E-state index contributed by atoms with van der Waals surface area (Å²) in [5.41, 5.74) is 1.98. The van der Waals surface area contributed by atoms with Crippen molar-refractivity contribution in [2.75, 3.05) is 45.3 Å². The van der Waals surface area contributed by atoms with Crippen molar-refractivity contribution < 1.29 is 34.1 Å². The minimum Gasteiger partial charge on any atom is -0.490 e. The molecule has 9 nitrogen and oxygen atoms in total. The Morgan fingerprint density at radius 1 is 1.17 bits per heavy atom. The van der Waals surface area contributed by atoms with Gasteiger partial charge in [-0.05, 0) is 97.7 Å². The minimum absolute atomic E-state index is 0.0941. The van der Waals surface area contributed by atoms with Gasteiger partial charge in [-0.2, -0.15) is 0 Å². The predicted octanol–water partition coefficient (Wildman–Crippen LogP) is 5.28. The third kappa shape index (κ3) is 6.49. The Balaban J connectivity index is 1.50. The number of hydrogen-bond donors (Lipinski definition) is 2. The first kappa shape index (κ1) is 33.3. The number of carbonyl (C=O) groups excluding carboxylic acids is 2. The molecule has 0 saturated heterocycles. The fourth-order valence-corrected chi connectivity index (χ4v) is 8.47. The summed E-state index contributed by atoms with van der Waals surface area (Å²) in [5.74, 6) is -0.973. The number of rotatable bonds is 4. The summed E-state index contributed by atoms with van der Waals surface area (Å²) in [4.78, 5) is 43.3. The van der Waals surface area contributed by atoms with Crippen molar-refractivity contribution in [2.24, 2.45) is 11.8 Å². The van der Waals surface area contributed by atoms with Crippen LogP contribution in [0, 0.1) is 11.8 Å². The van der Waals surface area contributed by atoms with E-state index in [0.29, 0.717) is 49.0 Å². The second-order valence-corrected chi connectivity index (χ2v) is 14.4. The summed E-state index contributed by atoms with van der Waals surface area (Å²) in [6.07, 6.45) is 7.91. The van der Waals surface area contributed by atoms with E-state index in [1.807, 2.05) is 30.4 Å². The number of aliphatic carboxylic acids is 1. The van der Waals surface area contributed by atoms with E-state index in [1.54, 1.807) is 18.0 Å². The van der Waals surface area contributed by atoms with Crippen molar-refractivity contribution >= 4 is 35.1 Å². The van der Waals surface area contributed by atoms with Crippen molar-refractivity contribution in [2.45, 2.75) is 74.7 Å². The Labute approximate surface area is 281 Å².